The lowest BCUT2D eigenvalue weighted by molar-refractivity contribution is -0.123. The quantitative estimate of drug-likeness (QED) is 0.701. The molecular formula is C11H16N4O. The Balaban J connectivity index is 1.82. The van der Waals surface area contributed by atoms with Crippen LogP contribution in [0, 0.1) is 5.92 Å². The second kappa shape index (κ2) is 4.49. The molecule has 2 atom stereocenters. The zero-order valence-corrected chi connectivity index (χ0v) is 9.26. The van der Waals surface area contributed by atoms with Crippen molar-refractivity contribution in [1.82, 2.24) is 15.1 Å². The van der Waals surface area contributed by atoms with Crippen LogP contribution in [0.3, 0.4) is 0 Å². The van der Waals surface area contributed by atoms with Gasteiger partial charge in [-0.3, -0.25) is 9.48 Å². The highest BCUT2D eigenvalue weighted by Gasteiger charge is 2.22. The molecule has 16 heavy (non-hydrogen) atoms. The van der Waals surface area contributed by atoms with E-state index in [1.807, 2.05) is 31.5 Å². The van der Waals surface area contributed by atoms with Crippen LogP contribution in [-0.2, 0) is 18.4 Å². The normalized spacial score (nSPS) is 23.6. The molecule has 0 fully saturated rings. The van der Waals surface area contributed by atoms with Gasteiger partial charge in [0, 0.05) is 19.3 Å². The Labute approximate surface area is 94.3 Å². The Kier molecular flexibility index (Phi) is 3.05. The zero-order valence-electron chi connectivity index (χ0n) is 9.26. The Morgan fingerprint density at radius 2 is 2.50 bits per heavy atom. The van der Waals surface area contributed by atoms with Crippen LogP contribution in [0.5, 0.6) is 0 Å². The van der Waals surface area contributed by atoms with E-state index in [0.29, 0.717) is 13.0 Å². The van der Waals surface area contributed by atoms with Crippen LogP contribution in [0.2, 0.25) is 0 Å². The molecule has 5 nitrogen and oxygen atoms in total. The number of carbonyl (C=O) groups is 1. The maximum atomic E-state index is 11.7. The number of nitrogens with zero attached hydrogens (tertiary/aromatic N) is 2. The first-order valence-corrected chi connectivity index (χ1v) is 5.35. The van der Waals surface area contributed by atoms with Gasteiger partial charge in [-0.2, -0.15) is 5.10 Å². The summed E-state index contributed by atoms with van der Waals surface area (Å²) in [5, 5.41) is 7.04. The van der Waals surface area contributed by atoms with Crippen molar-refractivity contribution in [3.63, 3.8) is 0 Å². The van der Waals surface area contributed by atoms with Crippen molar-refractivity contribution in [2.75, 3.05) is 0 Å². The molecule has 5 heteroatoms. The van der Waals surface area contributed by atoms with Crippen molar-refractivity contribution in [3.05, 3.63) is 30.1 Å². The molecule has 0 radical (unpaired) electrons. The fraction of sp³-hybridized carbons (Fsp3) is 0.455. The number of amides is 1. The topological polar surface area (TPSA) is 72.9 Å². The van der Waals surface area contributed by atoms with E-state index in [1.54, 1.807) is 4.68 Å². The molecule has 0 bridgehead atoms. The first-order chi connectivity index (χ1) is 7.65. The van der Waals surface area contributed by atoms with Crippen LogP contribution >= 0.6 is 0 Å². The molecule has 0 saturated heterocycles. The van der Waals surface area contributed by atoms with Crippen molar-refractivity contribution >= 4 is 5.91 Å². The van der Waals surface area contributed by atoms with Crippen molar-refractivity contribution in [2.24, 2.45) is 18.7 Å². The van der Waals surface area contributed by atoms with E-state index in [1.165, 1.54) is 0 Å². The number of carbonyl (C=O) groups excluding carboxylic acids is 1. The highest BCUT2D eigenvalue weighted by atomic mass is 16.1. The number of rotatable bonds is 3. The summed E-state index contributed by atoms with van der Waals surface area (Å²) < 4.78 is 1.72. The average Bonchev–Trinajstić information content (AvgIpc) is 2.84. The van der Waals surface area contributed by atoms with Gasteiger partial charge < -0.3 is 11.1 Å². The maximum absolute atomic E-state index is 11.7. The first-order valence-electron chi connectivity index (χ1n) is 5.35. The minimum absolute atomic E-state index is 0.0191. The number of aromatic nitrogens is 2. The van der Waals surface area contributed by atoms with E-state index in [9.17, 15) is 4.79 Å². The largest absolute Gasteiger partial charge is 0.350 e. The monoisotopic (exact) mass is 220 g/mol. The van der Waals surface area contributed by atoms with Gasteiger partial charge in [0.15, 0.2) is 0 Å². The summed E-state index contributed by atoms with van der Waals surface area (Å²) in [5.41, 5.74) is 6.55. The molecule has 2 rings (SSSR count). The molecule has 0 spiro atoms. The van der Waals surface area contributed by atoms with Gasteiger partial charge in [0.25, 0.3) is 0 Å². The molecular weight excluding hydrogens is 204 g/mol. The molecule has 2 unspecified atom stereocenters. The predicted octanol–water partition coefficient (Wildman–Crippen LogP) is -0.0603. The number of nitrogens with one attached hydrogen (secondary N) is 1. The van der Waals surface area contributed by atoms with Crippen LogP contribution in [-0.4, -0.2) is 21.7 Å². The smallest absolute Gasteiger partial charge is 0.227 e. The second-order valence-electron chi connectivity index (χ2n) is 4.09. The Hall–Kier alpha value is -1.62. The minimum atomic E-state index is -0.0845. The van der Waals surface area contributed by atoms with Gasteiger partial charge in [0.2, 0.25) is 5.91 Å². The van der Waals surface area contributed by atoms with Crippen molar-refractivity contribution < 1.29 is 4.79 Å². The summed E-state index contributed by atoms with van der Waals surface area (Å²) in [6.45, 7) is 0.471. The SMILES string of the molecule is Cn1ccc(CNC(=O)C2C=CC(N)C2)n1. The van der Waals surface area contributed by atoms with Gasteiger partial charge in [-0.25, -0.2) is 0 Å². The van der Waals surface area contributed by atoms with Gasteiger partial charge in [0.05, 0.1) is 18.2 Å². The summed E-state index contributed by atoms with van der Waals surface area (Å²) >= 11 is 0. The number of hydrogen-bond donors (Lipinski definition) is 2. The lowest BCUT2D eigenvalue weighted by Gasteiger charge is -2.09. The molecule has 1 aliphatic carbocycles. The summed E-state index contributed by atoms with van der Waals surface area (Å²) in [7, 11) is 1.85. The third kappa shape index (κ3) is 2.49. The van der Waals surface area contributed by atoms with E-state index in [2.05, 4.69) is 10.4 Å². The molecule has 86 valence electrons. The van der Waals surface area contributed by atoms with E-state index in [4.69, 9.17) is 5.73 Å². The first kappa shape index (κ1) is 10.9. The maximum Gasteiger partial charge on any atom is 0.227 e. The lowest BCUT2D eigenvalue weighted by Crippen LogP contribution is -2.30. The Morgan fingerprint density at radius 3 is 3.06 bits per heavy atom. The van der Waals surface area contributed by atoms with Crippen LogP contribution in [0.25, 0.3) is 0 Å². The number of hydrogen-bond acceptors (Lipinski definition) is 3. The van der Waals surface area contributed by atoms with Crippen molar-refractivity contribution in [3.8, 4) is 0 Å². The molecule has 1 heterocycles. The molecule has 1 amide bonds. The van der Waals surface area contributed by atoms with Gasteiger partial charge in [-0.1, -0.05) is 12.2 Å². The molecule has 0 aromatic carbocycles. The summed E-state index contributed by atoms with van der Waals surface area (Å²) in [6.07, 6.45) is 6.31. The third-order valence-electron chi connectivity index (χ3n) is 2.67. The number of aryl methyl sites for hydroxylation is 1. The number of nitrogens with two attached hydrogens (primary N) is 1. The van der Waals surface area contributed by atoms with E-state index in [-0.39, 0.29) is 17.9 Å². The Bertz CT molecular complexity index is 410. The van der Waals surface area contributed by atoms with Crippen LogP contribution in [0.4, 0.5) is 0 Å². The predicted molar refractivity (Wildman–Crippen MR) is 60.3 cm³/mol. The highest BCUT2D eigenvalue weighted by molar-refractivity contribution is 5.80. The lowest BCUT2D eigenvalue weighted by atomic mass is 10.1. The van der Waals surface area contributed by atoms with Crippen LogP contribution in [0.15, 0.2) is 24.4 Å². The van der Waals surface area contributed by atoms with Crippen LogP contribution in [0.1, 0.15) is 12.1 Å². The van der Waals surface area contributed by atoms with E-state index >= 15 is 0 Å². The molecule has 0 aliphatic heterocycles. The van der Waals surface area contributed by atoms with Crippen molar-refractivity contribution in [2.45, 2.75) is 19.0 Å². The summed E-state index contributed by atoms with van der Waals surface area (Å²) in [5.74, 6) is -0.0615. The summed E-state index contributed by atoms with van der Waals surface area (Å²) in [4.78, 5) is 11.7. The Morgan fingerprint density at radius 1 is 1.69 bits per heavy atom. The summed E-state index contributed by atoms with van der Waals surface area (Å²) in [6, 6.07) is 1.90. The van der Waals surface area contributed by atoms with Crippen LogP contribution < -0.4 is 11.1 Å². The molecule has 1 aliphatic rings. The van der Waals surface area contributed by atoms with Gasteiger partial charge in [-0.15, -0.1) is 0 Å². The van der Waals surface area contributed by atoms with E-state index in [0.717, 1.165) is 5.69 Å². The van der Waals surface area contributed by atoms with Crippen molar-refractivity contribution in [1.29, 1.82) is 0 Å². The highest BCUT2D eigenvalue weighted by Crippen LogP contribution is 2.16. The minimum Gasteiger partial charge on any atom is -0.350 e. The molecule has 1 aromatic heterocycles. The molecule has 1 aromatic rings. The van der Waals surface area contributed by atoms with E-state index < -0.39 is 0 Å². The standard InChI is InChI=1S/C11H16N4O/c1-15-5-4-10(14-15)7-13-11(16)8-2-3-9(12)6-8/h2-5,8-9H,6-7,12H2,1H3,(H,13,16). The fourth-order valence-corrected chi connectivity index (χ4v) is 1.79. The van der Waals surface area contributed by atoms with Gasteiger partial charge in [0.1, 0.15) is 0 Å². The third-order valence-corrected chi connectivity index (χ3v) is 2.67. The average molecular weight is 220 g/mol. The second-order valence-corrected chi connectivity index (χ2v) is 4.09. The zero-order chi connectivity index (χ0) is 11.5. The molecule has 3 N–H and O–H groups in total. The van der Waals surface area contributed by atoms with Gasteiger partial charge in [-0.05, 0) is 12.5 Å². The fourth-order valence-electron chi connectivity index (χ4n) is 1.79. The molecule has 0 saturated carbocycles. The van der Waals surface area contributed by atoms with Gasteiger partial charge >= 0.3 is 0 Å².